The maximum Gasteiger partial charge on any atom is 0.260 e. The standard InChI is InChI=1S/C17H24N4O5/c1-25-13-3-2-4-14(11-13)26-12-17(24)21-9-7-20(8-10-21)16(23)6-5-15(22)19-18/h2-4,11H,5-10,12,18H2,1H3,(H,19,22). The lowest BCUT2D eigenvalue weighted by atomic mass is 10.2. The summed E-state index contributed by atoms with van der Waals surface area (Å²) in [5.74, 6) is 5.58. The number of nitrogens with one attached hydrogen (secondary N) is 1. The van der Waals surface area contributed by atoms with Gasteiger partial charge >= 0.3 is 0 Å². The van der Waals surface area contributed by atoms with E-state index in [2.05, 4.69) is 0 Å². The number of amides is 3. The number of rotatable bonds is 7. The molecular formula is C17H24N4O5. The molecule has 3 N–H and O–H groups in total. The van der Waals surface area contributed by atoms with Crippen LogP contribution in [0.1, 0.15) is 12.8 Å². The summed E-state index contributed by atoms with van der Waals surface area (Å²) in [6, 6.07) is 7.04. The molecule has 2 rings (SSSR count). The zero-order chi connectivity index (χ0) is 18.9. The minimum absolute atomic E-state index is 0.0584. The van der Waals surface area contributed by atoms with Crippen LogP contribution in [0.3, 0.4) is 0 Å². The fourth-order valence-electron chi connectivity index (χ4n) is 2.58. The predicted octanol–water partition coefficient (Wildman–Crippen LogP) is -0.485. The molecule has 142 valence electrons. The molecule has 0 aromatic heterocycles. The highest BCUT2D eigenvalue weighted by molar-refractivity contribution is 5.84. The number of carbonyl (C=O) groups is 3. The predicted molar refractivity (Wildman–Crippen MR) is 93.2 cm³/mol. The number of piperazine rings is 1. The van der Waals surface area contributed by atoms with E-state index < -0.39 is 0 Å². The van der Waals surface area contributed by atoms with Gasteiger partial charge in [-0.2, -0.15) is 0 Å². The third-order valence-electron chi connectivity index (χ3n) is 4.12. The van der Waals surface area contributed by atoms with Crippen LogP contribution in [-0.4, -0.2) is 67.4 Å². The molecule has 0 atom stereocenters. The zero-order valence-electron chi connectivity index (χ0n) is 14.8. The van der Waals surface area contributed by atoms with Crippen LogP contribution in [-0.2, 0) is 14.4 Å². The van der Waals surface area contributed by atoms with Gasteiger partial charge in [0.2, 0.25) is 11.8 Å². The van der Waals surface area contributed by atoms with E-state index in [1.54, 1.807) is 41.2 Å². The second-order valence-corrected chi connectivity index (χ2v) is 5.80. The molecule has 0 saturated carbocycles. The normalized spacial score (nSPS) is 13.9. The lowest BCUT2D eigenvalue weighted by molar-refractivity contribution is -0.141. The van der Waals surface area contributed by atoms with Gasteiger partial charge in [-0.15, -0.1) is 0 Å². The smallest absolute Gasteiger partial charge is 0.260 e. The molecular weight excluding hydrogens is 340 g/mol. The first-order valence-electron chi connectivity index (χ1n) is 8.35. The van der Waals surface area contributed by atoms with Crippen LogP contribution in [0, 0.1) is 0 Å². The summed E-state index contributed by atoms with van der Waals surface area (Å²) in [5.41, 5.74) is 2.00. The Morgan fingerprint density at radius 3 is 2.27 bits per heavy atom. The topological polar surface area (TPSA) is 114 Å². The van der Waals surface area contributed by atoms with E-state index in [-0.39, 0.29) is 37.2 Å². The molecule has 0 spiro atoms. The first kappa shape index (κ1) is 19.5. The fraction of sp³-hybridized carbons (Fsp3) is 0.471. The van der Waals surface area contributed by atoms with Gasteiger partial charge in [0.05, 0.1) is 7.11 Å². The van der Waals surface area contributed by atoms with Gasteiger partial charge in [-0.05, 0) is 12.1 Å². The quantitative estimate of drug-likeness (QED) is 0.384. The second kappa shape index (κ2) is 9.62. The molecule has 1 fully saturated rings. The van der Waals surface area contributed by atoms with Gasteiger partial charge in [-0.25, -0.2) is 5.84 Å². The number of hydrogen-bond donors (Lipinski definition) is 2. The molecule has 1 aromatic rings. The SMILES string of the molecule is COc1cccc(OCC(=O)N2CCN(C(=O)CCC(=O)NN)CC2)c1. The van der Waals surface area contributed by atoms with Gasteiger partial charge in [0.1, 0.15) is 11.5 Å². The molecule has 0 radical (unpaired) electrons. The number of methoxy groups -OCH3 is 1. The van der Waals surface area contributed by atoms with Crippen molar-refractivity contribution in [1.29, 1.82) is 0 Å². The summed E-state index contributed by atoms with van der Waals surface area (Å²) in [6.45, 7) is 1.68. The third-order valence-corrected chi connectivity index (χ3v) is 4.12. The number of ether oxygens (including phenoxy) is 2. The van der Waals surface area contributed by atoms with Crippen LogP contribution in [0.2, 0.25) is 0 Å². The van der Waals surface area contributed by atoms with Gasteiger partial charge < -0.3 is 19.3 Å². The molecule has 9 nitrogen and oxygen atoms in total. The summed E-state index contributed by atoms with van der Waals surface area (Å²) >= 11 is 0. The van der Waals surface area contributed by atoms with Crippen LogP contribution in [0.4, 0.5) is 0 Å². The fourth-order valence-corrected chi connectivity index (χ4v) is 2.58. The zero-order valence-corrected chi connectivity index (χ0v) is 14.8. The van der Waals surface area contributed by atoms with Crippen LogP contribution in [0.5, 0.6) is 11.5 Å². The maximum atomic E-state index is 12.3. The summed E-state index contributed by atoms with van der Waals surface area (Å²) in [5, 5.41) is 0. The Balaban J connectivity index is 1.73. The highest BCUT2D eigenvalue weighted by Crippen LogP contribution is 2.18. The monoisotopic (exact) mass is 364 g/mol. The van der Waals surface area contributed by atoms with Crippen LogP contribution < -0.4 is 20.7 Å². The van der Waals surface area contributed by atoms with Gasteiger partial charge in [0.25, 0.3) is 5.91 Å². The minimum atomic E-state index is -0.373. The van der Waals surface area contributed by atoms with Crippen molar-refractivity contribution in [3.05, 3.63) is 24.3 Å². The summed E-state index contributed by atoms with van der Waals surface area (Å²) in [6.07, 6.45) is 0.165. The van der Waals surface area contributed by atoms with Gasteiger partial charge in [0, 0.05) is 45.1 Å². The van der Waals surface area contributed by atoms with E-state index in [9.17, 15) is 14.4 Å². The van der Waals surface area contributed by atoms with Crippen LogP contribution >= 0.6 is 0 Å². The molecule has 0 bridgehead atoms. The lowest BCUT2D eigenvalue weighted by Gasteiger charge is -2.34. The number of carbonyl (C=O) groups excluding carboxylic acids is 3. The summed E-state index contributed by atoms with van der Waals surface area (Å²) < 4.78 is 10.6. The Hall–Kier alpha value is -2.81. The molecule has 1 aromatic carbocycles. The average molecular weight is 364 g/mol. The summed E-state index contributed by atoms with van der Waals surface area (Å²) in [4.78, 5) is 38.7. The number of benzene rings is 1. The number of nitrogens with two attached hydrogens (primary N) is 1. The lowest BCUT2D eigenvalue weighted by Crippen LogP contribution is -2.51. The van der Waals surface area contributed by atoms with Crippen molar-refractivity contribution < 1.29 is 23.9 Å². The Bertz CT molecular complexity index is 644. The average Bonchev–Trinajstić information content (AvgIpc) is 2.70. The summed E-state index contributed by atoms with van der Waals surface area (Å²) in [7, 11) is 1.56. The van der Waals surface area contributed by atoms with Crippen molar-refractivity contribution in [2.45, 2.75) is 12.8 Å². The van der Waals surface area contributed by atoms with Crippen molar-refractivity contribution in [2.75, 3.05) is 39.9 Å². The first-order chi connectivity index (χ1) is 12.5. The number of hydrogen-bond acceptors (Lipinski definition) is 6. The Morgan fingerprint density at radius 2 is 1.65 bits per heavy atom. The van der Waals surface area contributed by atoms with Crippen molar-refractivity contribution in [1.82, 2.24) is 15.2 Å². The van der Waals surface area contributed by atoms with E-state index >= 15 is 0 Å². The van der Waals surface area contributed by atoms with E-state index in [4.69, 9.17) is 15.3 Å². The molecule has 1 heterocycles. The minimum Gasteiger partial charge on any atom is -0.497 e. The Morgan fingerprint density at radius 1 is 1.04 bits per heavy atom. The molecule has 1 aliphatic rings. The Labute approximate surface area is 152 Å². The van der Waals surface area contributed by atoms with E-state index in [0.29, 0.717) is 37.7 Å². The van der Waals surface area contributed by atoms with Crippen LogP contribution in [0.15, 0.2) is 24.3 Å². The molecule has 0 aliphatic carbocycles. The molecule has 26 heavy (non-hydrogen) atoms. The maximum absolute atomic E-state index is 12.3. The molecule has 1 aliphatic heterocycles. The van der Waals surface area contributed by atoms with Gasteiger partial charge in [-0.3, -0.25) is 19.8 Å². The van der Waals surface area contributed by atoms with Crippen molar-refractivity contribution in [2.24, 2.45) is 5.84 Å². The van der Waals surface area contributed by atoms with Gasteiger partial charge in [-0.1, -0.05) is 6.07 Å². The van der Waals surface area contributed by atoms with E-state index in [1.807, 2.05) is 5.43 Å². The second-order valence-electron chi connectivity index (χ2n) is 5.80. The number of nitrogens with zero attached hydrogens (tertiary/aromatic N) is 2. The van der Waals surface area contributed by atoms with Crippen molar-refractivity contribution >= 4 is 17.7 Å². The first-order valence-corrected chi connectivity index (χ1v) is 8.35. The van der Waals surface area contributed by atoms with Crippen molar-refractivity contribution in [3.8, 4) is 11.5 Å². The largest absolute Gasteiger partial charge is 0.497 e. The van der Waals surface area contributed by atoms with Crippen LogP contribution in [0.25, 0.3) is 0 Å². The highest BCUT2D eigenvalue weighted by atomic mass is 16.5. The van der Waals surface area contributed by atoms with E-state index in [1.165, 1.54) is 0 Å². The number of hydrazine groups is 1. The third kappa shape index (κ3) is 5.62. The van der Waals surface area contributed by atoms with E-state index in [0.717, 1.165) is 0 Å². The Kier molecular flexibility index (Phi) is 7.22. The molecule has 9 heteroatoms. The molecule has 0 unspecified atom stereocenters. The molecule has 1 saturated heterocycles. The molecule has 3 amide bonds. The van der Waals surface area contributed by atoms with Crippen molar-refractivity contribution in [3.63, 3.8) is 0 Å². The van der Waals surface area contributed by atoms with Gasteiger partial charge in [0.15, 0.2) is 6.61 Å². The highest BCUT2D eigenvalue weighted by Gasteiger charge is 2.24.